The van der Waals surface area contributed by atoms with E-state index in [2.05, 4.69) is 13.8 Å². The van der Waals surface area contributed by atoms with E-state index < -0.39 is 6.10 Å². The van der Waals surface area contributed by atoms with Crippen LogP contribution < -0.4 is 0 Å². The van der Waals surface area contributed by atoms with Crippen molar-refractivity contribution >= 4 is 0 Å². The first-order valence-electron chi connectivity index (χ1n) is 7.25. The number of aliphatic hydroxyl groups excluding tert-OH is 1. The summed E-state index contributed by atoms with van der Waals surface area (Å²) in [4.78, 5) is 0. The van der Waals surface area contributed by atoms with Gasteiger partial charge in [0.05, 0.1) is 31.7 Å². The summed E-state index contributed by atoms with van der Waals surface area (Å²) in [6.07, 6.45) is 3.29. The van der Waals surface area contributed by atoms with Gasteiger partial charge in [-0.2, -0.15) is 0 Å². The first kappa shape index (κ1) is 16.7. The molecule has 0 radical (unpaired) electrons. The molecule has 1 rings (SSSR count). The van der Waals surface area contributed by atoms with Crippen molar-refractivity contribution in [3.8, 4) is 0 Å². The maximum Gasteiger partial charge on any atom is 0.0845 e. The third kappa shape index (κ3) is 6.73. The van der Waals surface area contributed by atoms with Crippen molar-refractivity contribution in [1.82, 2.24) is 0 Å². The Bertz CT molecular complexity index is 373. The number of hydrogen-bond donors (Lipinski definition) is 1. The summed E-state index contributed by atoms with van der Waals surface area (Å²) in [5.74, 6) is 0.355. The fourth-order valence-electron chi connectivity index (χ4n) is 1.87. The van der Waals surface area contributed by atoms with E-state index in [-0.39, 0.29) is 6.10 Å². The molecule has 112 valence electrons. The Morgan fingerprint density at radius 3 is 2.50 bits per heavy atom. The van der Waals surface area contributed by atoms with Crippen LogP contribution in [0.3, 0.4) is 0 Å². The van der Waals surface area contributed by atoms with Gasteiger partial charge in [-0.3, -0.25) is 0 Å². The summed E-state index contributed by atoms with van der Waals surface area (Å²) >= 11 is 0. The van der Waals surface area contributed by atoms with Crippen LogP contribution in [-0.2, 0) is 16.1 Å². The number of aliphatic hydroxyl groups is 1. The fraction of sp³-hybridized carbons (Fsp3) is 0.529. The maximum absolute atomic E-state index is 9.95. The van der Waals surface area contributed by atoms with E-state index in [4.69, 9.17) is 9.47 Å². The summed E-state index contributed by atoms with van der Waals surface area (Å²) in [5.41, 5.74) is 1.15. The lowest BCUT2D eigenvalue weighted by Gasteiger charge is -2.23. The van der Waals surface area contributed by atoms with Crippen molar-refractivity contribution in [2.75, 3.05) is 6.61 Å². The minimum atomic E-state index is -0.537. The zero-order valence-electron chi connectivity index (χ0n) is 12.7. The van der Waals surface area contributed by atoms with E-state index in [1.54, 1.807) is 12.3 Å². The average Bonchev–Trinajstić information content (AvgIpc) is 2.44. The number of hydrogen-bond acceptors (Lipinski definition) is 3. The van der Waals surface area contributed by atoms with Crippen LogP contribution >= 0.6 is 0 Å². The largest absolute Gasteiger partial charge is 0.502 e. The lowest BCUT2D eigenvalue weighted by atomic mass is 10.0. The summed E-state index contributed by atoms with van der Waals surface area (Å²) in [7, 11) is 0. The molecule has 0 aliphatic rings. The molecule has 0 bridgehead atoms. The van der Waals surface area contributed by atoms with Crippen molar-refractivity contribution in [2.45, 2.75) is 46.0 Å². The molecule has 0 saturated heterocycles. The highest BCUT2D eigenvalue weighted by Crippen LogP contribution is 2.16. The minimum Gasteiger partial charge on any atom is -0.502 e. The Hall–Kier alpha value is -1.32. The Balaban J connectivity index is 2.44. The number of ether oxygens (including phenoxy) is 2. The molecule has 0 saturated carbocycles. The molecule has 0 fully saturated rings. The molecule has 0 amide bonds. The van der Waals surface area contributed by atoms with Gasteiger partial charge in [0.2, 0.25) is 0 Å². The second-order valence-corrected chi connectivity index (χ2v) is 5.17. The monoisotopic (exact) mass is 278 g/mol. The maximum atomic E-state index is 9.95. The van der Waals surface area contributed by atoms with Crippen LogP contribution in [-0.4, -0.2) is 23.9 Å². The molecule has 0 spiro atoms. The van der Waals surface area contributed by atoms with Gasteiger partial charge in [-0.25, -0.2) is 0 Å². The van der Waals surface area contributed by atoms with E-state index in [1.165, 1.54) is 0 Å². The lowest BCUT2D eigenvalue weighted by Crippen LogP contribution is -2.25. The number of rotatable bonds is 9. The summed E-state index contributed by atoms with van der Waals surface area (Å²) in [5, 5.41) is 9.95. The predicted molar refractivity (Wildman–Crippen MR) is 81.2 cm³/mol. The molecule has 1 N–H and O–H groups in total. The second-order valence-electron chi connectivity index (χ2n) is 5.17. The molecule has 0 heterocycles. The topological polar surface area (TPSA) is 38.7 Å². The lowest BCUT2D eigenvalue weighted by molar-refractivity contribution is -0.0140. The Morgan fingerprint density at radius 2 is 1.90 bits per heavy atom. The molecule has 20 heavy (non-hydrogen) atoms. The highest BCUT2D eigenvalue weighted by Gasteiger charge is 2.17. The third-order valence-electron chi connectivity index (χ3n) is 3.09. The van der Waals surface area contributed by atoms with E-state index >= 15 is 0 Å². The average molecular weight is 278 g/mol. The Labute approximate surface area is 122 Å². The van der Waals surface area contributed by atoms with Crippen LogP contribution in [0, 0.1) is 5.92 Å². The minimum absolute atomic E-state index is 0.0245. The van der Waals surface area contributed by atoms with E-state index in [0.29, 0.717) is 25.6 Å². The molecule has 1 aromatic rings. The van der Waals surface area contributed by atoms with Gasteiger partial charge in [-0.05, 0) is 24.5 Å². The first-order chi connectivity index (χ1) is 9.63. The SMILES string of the molecule is CCO/C=C/[C@@H](O)C[C@H](OCc1ccccc1)C(C)C. The molecule has 0 unspecified atom stereocenters. The van der Waals surface area contributed by atoms with Gasteiger partial charge in [0, 0.05) is 6.42 Å². The molecule has 0 aliphatic carbocycles. The van der Waals surface area contributed by atoms with Gasteiger partial charge >= 0.3 is 0 Å². The van der Waals surface area contributed by atoms with Crippen LogP contribution in [0.15, 0.2) is 42.7 Å². The quantitative estimate of drug-likeness (QED) is 0.702. The smallest absolute Gasteiger partial charge is 0.0845 e. The van der Waals surface area contributed by atoms with Gasteiger partial charge in [-0.15, -0.1) is 0 Å². The number of benzene rings is 1. The van der Waals surface area contributed by atoms with Crippen LogP contribution in [0.2, 0.25) is 0 Å². The summed E-state index contributed by atoms with van der Waals surface area (Å²) < 4.78 is 11.0. The standard InChI is InChI=1S/C17H26O3/c1-4-19-11-10-16(18)12-17(14(2)3)20-13-15-8-6-5-7-9-15/h5-11,14,16-18H,4,12-13H2,1-3H3/b11-10+/t16-,17+/m1/s1. The van der Waals surface area contributed by atoms with Gasteiger partial charge in [0.15, 0.2) is 0 Å². The second kappa shape index (κ2) is 9.56. The molecule has 0 aromatic heterocycles. The van der Waals surface area contributed by atoms with Crippen LogP contribution in [0.5, 0.6) is 0 Å². The van der Waals surface area contributed by atoms with Crippen molar-refractivity contribution in [3.05, 3.63) is 48.2 Å². The van der Waals surface area contributed by atoms with E-state index in [0.717, 1.165) is 5.56 Å². The molecular weight excluding hydrogens is 252 g/mol. The van der Waals surface area contributed by atoms with E-state index in [9.17, 15) is 5.11 Å². The van der Waals surface area contributed by atoms with Gasteiger partial charge in [-0.1, -0.05) is 44.2 Å². The van der Waals surface area contributed by atoms with Crippen molar-refractivity contribution < 1.29 is 14.6 Å². The summed E-state index contributed by atoms with van der Waals surface area (Å²) in [6, 6.07) is 10.1. The van der Waals surface area contributed by atoms with Crippen LogP contribution in [0.1, 0.15) is 32.8 Å². The highest BCUT2D eigenvalue weighted by atomic mass is 16.5. The zero-order valence-corrected chi connectivity index (χ0v) is 12.7. The molecule has 3 nitrogen and oxygen atoms in total. The third-order valence-corrected chi connectivity index (χ3v) is 3.09. The molecule has 1 aromatic carbocycles. The van der Waals surface area contributed by atoms with Gasteiger partial charge < -0.3 is 14.6 Å². The zero-order chi connectivity index (χ0) is 14.8. The normalized spacial score (nSPS) is 14.7. The van der Waals surface area contributed by atoms with Crippen LogP contribution in [0.4, 0.5) is 0 Å². The Morgan fingerprint density at radius 1 is 1.20 bits per heavy atom. The first-order valence-corrected chi connectivity index (χ1v) is 7.25. The Kier molecular flexibility index (Phi) is 8.00. The molecule has 2 atom stereocenters. The highest BCUT2D eigenvalue weighted by molar-refractivity contribution is 5.13. The molecule has 0 aliphatic heterocycles. The molecular formula is C17H26O3. The van der Waals surface area contributed by atoms with E-state index in [1.807, 2.05) is 37.3 Å². The molecule has 3 heteroatoms. The fourth-order valence-corrected chi connectivity index (χ4v) is 1.87. The van der Waals surface area contributed by atoms with Crippen molar-refractivity contribution in [1.29, 1.82) is 0 Å². The van der Waals surface area contributed by atoms with Gasteiger partial charge in [0.1, 0.15) is 0 Å². The van der Waals surface area contributed by atoms with Gasteiger partial charge in [0.25, 0.3) is 0 Å². The van der Waals surface area contributed by atoms with Crippen molar-refractivity contribution in [3.63, 3.8) is 0 Å². The van der Waals surface area contributed by atoms with Crippen molar-refractivity contribution in [2.24, 2.45) is 5.92 Å². The summed E-state index contributed by atoms with van der Waals surface area (Å²) in [6.45, 7) is 7.31. The predicted octanol–water partition coefficient (Wildman–Crippen LogP) is 3.53. The van der Waals surface area contributed by atoms with Crippen LogP contribution in [0.25, 0.3) is 0 Å².